The molecular formula is C18H13ClF3N5O. The third-order valence-corrected chi connectivity index (χ3v) is 4.94. The molecule has 2 aromatic heterocycles. The average molecular weight is 408 g/mol. The summed E-state index contributed by atoms with van der Waals surface area (Å²) in [6.45, 7) is 0.507. The third-order valence-electron chi connectivity index (χ3n) is 4.53. The van der Waals surface area contributed by atoms with E-state index in [0.29, 0.717) is 18.8 Å². The summed E-state index contributed by atoms with van der Waals surface area (Å²) in [5, 5.41) is -0.590. The van der Waals surface area contributed by atoms with Crippen LogP contribution >= 0.6 is 11.6 Å². The van der Waals surface area contributed by atoms with Crippen molar-refractivity contribution in [1.29, 1.82) is 0 Å². The molecule has 0 aliphatic carbocycles. The lowest BCUT2D eigenvalue weighted by atomic mass is 10.1. The highest BCUT2D eigenvalue weighted by molar-refractivity contribution is 6.34. The molecule has 4 rings (SSSR count). The van der Waals surface area contributed by atoms with Crippen LogP contribution in [0.1, 0.15) is 27.3 Å². The summed E-state index contributed by atoms with van der Waals surface area (Å²) in [7, 11) is 0. The highest BCUT2D eigenvalue weighted by Gasteiger charge is 2.36. The van der Waals surface area contributed by atoms with Crippen LogP contribution in [-0.4, -0.2) is 36.9 Å². The molecule has 0 radical (unpaired) electrons. The fraction of sp³-hybridized carbons (Fsp3) is 0.222. The quantitative estimate of drug-likeness (QED) is 0.652. The predicted octanol–water partition coefficient (Wildman–Crippen LogP) is 3.53. The van der Waals surface area contributed by atoms with Gasteiger partial charge in [0.2, 0.25) is 0 Å². The Balaban J connectivity index is 1.66. The predicted molar refractivity (Wildman–Crippen MR) is 94.1 cm³/mol. The van der Waals surface area contributed by atoms with Gasteiger partial charge in [-0.3, -0.25) is 14.3 Å². The minimum absolute atomic E-state index is 0.175. The van der Waals surface area contributed by atoms with Gasteiger partial charge in [-0.05, 0) is 12.1 Å². The number of aromatic nitrogens is 4. The Morgan fingerprint density at radius 3 is 2.71 bits per heavy atom. The fourth-order valence-corrected chi connectivity index (χ4v) is 3.47. The molecule has 3 aromatic rings. The van der Waals surface area contributed by atoms with E-state index in [2.05, 4.69) is 15.0 Å². The lowest BCUT2D eigenvalue weighted by molar-refractivity contribution is -0.137. The van der Waals surface area contributed by atoms with Crippen LogP contribution < -0.4 is 0 Å². The van der Waals surface area contributed by atoms with Crippen molar-refractivity contribution in [2.75, 3.05) is 6.54 Å². The zero-order chi connectivity index (χ0) is 19.9. The summed E-state index contributed by atoms with van der Waals surface area (Å²) in [6, 6.07) is 3.34. The fourth-order valence-electron chi connectivity index (χ4n) is 3.16. The molecule has 3 heterocycles. The lowest BCUT2D eigenvalue weighted by Crippen LogP contribution is -2.37. The highest BCUT2D eigenvalue weighted by Crippen LogP contribution is 2.37. The average Bonchev–Trinajstić information content (AvgIpc) is 3.10. The van der Waals surface area contributed by atoms with E-state index in [1.165, 1.54) is 23.2 Å². The topological polar surface area (TPSA) is 63.9 Å². The standard InChI is InChI=1S/C18H13ClF3N5O/c19-16-11(2-1-3-12(16)18(20,21)22)17(28)26-7-4-13-14(9-26)27(10-25-13)15-8-23-5-6-24-15/h1-3,5-6,8,10H,4,7,9H2. The number of nitrogens with zero attached hydrogens (tertiary/aromatic N) is 5. The molecular weight excluding hydrogens is 395 g/mol. The van der Waals surface area contributed by atoms with E-state index in [1.54, 1.807) is 23.3 Å². The van der Waals surface area contributed by atoms with E-state index < -0.39 is 22.7 Å². The summed E-state index contributed by atoms with van der Waals surface area (Å²) in [4.78, 5) is 26.9. The number of carbonyl (C=O) groups excluding carboxylic acids is 1. The first kappa shape index (κ1) is 18.4. The molecule has 0 N–H and O–H groups in total. The number of amides is 1. The molecule has 0 bridgehead atoms. The van der Waals surface area contributed by atoms with E-state index in [0.717, 1.165) is 17.5 Å². The monoisotopic (exact) mass is 407 g/mol. The van der Waals surface area contributed by atoms with Crippen molar-refractivity contribution in [3.8, 4) is 5.82 Å². The smallest absolute Gasteiger partial charge is 0.332 e. The van der Waals surface area contributed by atoms with Crippen LogP contribution in [0.15, 0.2) is 43.1 Å². The summed E-state index contributed by atoms with van der Waals surface area (Å²) in [5.41, 5.74) is 0.348. The van der Waals surface area contributed by atoms with Crippen LogP contribution in [0.4, 0.5) is 13.2 Å². The summed E-state index contributed by atoms with van der Waals surface area (Å²) < 4.78 is 41.0. The van der Waals surface area contributed by atoms with Crippen molar-refractivity contribution in [3.63, 3.8) is 0 Å². The van der Waals surface area contributed by atoms with E-state index in [9.17, 15) is 18.0 Å². The molecule has 0 saturated heterocycles. The van der Waals surface area contributed by atoms with Crippen LogP contribution in [-0.2, 0) is 19.1 Å². The molecule has 0 saturated carbocycles. The van der Waals surface area contributed by atoms with Gasteiger partial charge in [-0.15, -0.1) is 0 Å². The van der Waals surface area contributed by atoms with Crippen molar-refractivity contribution in [3.05, 3.63) is 70.7 Å². The Morgan fingerprint density at radius 1 is 1.18 bits per heavy atom. The van der Waals surface area contributed by atoms with Crippen molar-refractivity contribution in [2.24, 2.45) is 0 Å². The zero-order valence-electron chi connectivity index (χ0n) is 14.3. The van der Waals surface area contributed by atoms with Crippen LogP contribution in [0.25, 0.3) is 5.82 Å². The lowest BCUT2D eigenvalue weighted by Gasteiger charge is -2.28. The van der Waals surface area contributed by atoms with Crippen molar-refractivity contribution in [2.45, 2.75) is 19.1 Å². The van der Waals surface area contributed by atoms with Crippen LogP contribution in [0.3, 0.4) is 0 Å². The number of carbonyl (C=O) groups is 1. The van der Waals surface area contributed by atoms with E-state index in [4.69, 9.17) is 11.6 Å². The van der Waals surface area contributed by atoms with Gasteiger partial charge in [0.05, 0.1) is 40.3 Å². The first-order valence-corrected chi connectivity index (χ1v) is 8.70. The second-order valence-corrected chi connectivity index (χ2v) is 6.59. The van der Waals surface area contributed by atoms with E-state index in [-0.39, 0.29) is 12.1 Å². The number of imidazole rings is 1. The molecule has 0 spiro atoms. The van der Waals surface area contributed by atoms with Gasteiger partial charge >= 0.3 is 6.18 Å². The van der Waals surface area contributed by atoms with Gasteiger partial charge in [-0.25, -0.2) is 9.97 Å². The summed E-state index contributed by atoms with van der Waals surface area (Å²) in [6.07, 6.45) is 2.08. The number of fused-ring (bicyclic) bond motifs is 1. The maximum atomic E-state index is 13.1. The Labute approximate surface area is 162 Å². The number of benzene rings is 1. The van der Waals surface area contributed by atoms with Gasteiger partial charge in [-0.1, -0.05) is 17.7 Å². The largest absolute Gasteiger partial charge is 0.417 e. The molecule has 0 atom stereocenters. The van der Waals surface area contributed by atoms with Gasteiger partial charge in [0.15, 0.2) is 5.82 Å². The SMILES string of the molecule is O=C(c1cccc(C(F)(F)F)c1Cl)N1CCc2ncn(-c3cnccn3)c2C1. The number of halogens is 4. The molecule has 10 heteroatoms. The minimum Gasteiger partial charge on any atom is -0.332 e. The van der Waals surface area contributed by atoms with Gasteiger partial charge in [-0.2, -0.15) is 13.2 Å². The Morgan fingerprint density at radius 2 is 2.00 bits per heavy atom. The first-order chi connectivity index (χ1) is 13.4. The van der Waals surface area contributed by atoms with E-state index >= 15 is 0 Å². The number of alkyl halides is 3. The van der Waals surface area contributed by atoms with Crippen LogP contribution in [0, 0.1) is 0 Å². The number of hydrogen-bond donors (Lipinski definition) is 0. The molecule has 0 unspecified atom stereocenters. The first-order valence-electron chi connectivity index (χ1n) is 8.32. The number of hydrogen-bond acceptors (Lipinski definition) is 4. The van der Waals surface area contributed by atoms with Crippen LogP contribution in [0.5, 0.6) is 0 Å². The minimum atomic E-state index is -4.63. The van der Waals surface area contributed by atoms with Gasteiger partial charge in [0.1, 0.15) is 6.33 Å². The highest BCUT2D eigenvalue weighted by atomic mass is 35.5. The summed E-state index contributed by atoms with van der Waals surface area (Å²) >= 11 is 5.91. The number of rotatable bonds is 2. The van der Waals surface area contributed by atoms with Crippen molar-refractivity contribution in [1.82, 2.24) is 24.4 Å². The molecule has 1 aliphatic rings. The van der Waals surface area contributed by atoms with Crippen molar-refractivity contribution < 1.29 is 18.0 Å². The Hall–Kier alpha value is -2.94. The molecule has 6 nitrogen and oxygen atoms in total. The Kier molecular flexibility index (Phi) is 4.54. The molecule has 144 valence electrons. The maximum Gasteiger partial charge on any atom is 0.417 e. The zero-order valence-corrected chi connectivity index (χ0v) is 15.1. The molecule has 0 fully saturated rings. The van der Waals surface area contributed by atoms with Gasteiger partial charge in [0.25, 0.3) is 5.91 Å². The van der Waals surface area contributed by atoms with Gasteiger partial charge in [0, 0.05) is 25.4 Å². The van der Waals surface area contributed by atoms with Gasteiger partial charge < -0.3 is 4.90 Å². The summed E-state index contributed by atoms with van der Waals surface area (Å²) in [5.74, 6) is -0.0173. The second kappa shape index (κ2) is 6.90. The molecule has 1 amide bonds. The third kappa shape index (κ3) is 3.22. The second-order valence-electron chi connectivity index (χ2n) is 6.21. The maximum absolute atomic E-state index is 13.1. The molecule has 1 aliphatic heterocycles. The van der Waals surface area contributed by atoms with Crippen molar-refractivity contribution >= 4 is 17.5 Å². The normalized spacial score (nSPS) is 14.1. The molecule has 28 heavy (non-hydrogen) atoms. The van der Waals surface area contributed by atoms with Crippen LogP contribution in [0.2, 0.25) is 5.02 Å². The van der Waals surface area contributed by atoms with E-state index in [1.807, 2.05) is 0 Å². The molecule has 1 aromatic carbocycles. The Bertz CT molecular complexity index is 1040.